The largest absolute Gasteiger partial charge is 0.342 e. The van der Waals surface area contributed by atoms with E-state index in [1.165, 1.54) is 40.1 Å². The maximum absolute atomic E-state index is 13.6. The van der Waals surface area contributed by atoms with Gasteiger partial charge in [0.25, 0.3) is 5.91 Å². The summed E-state index contributed by atoms with van der Waals surface area (Å²) >= 11 is 0. The van der Waals surface area contributed by atoms with Crippen LogP contribution in [0.3, 0.4) is 0 Å². The lowest BCUT2D eigenvalue weighted by Crippen LogP contribution is -2.25. The number of carbonyl (C=O) groups is 1. The molecule has 4 nitrogen and oxygen atoms in total. The van der Waals surface area contributed by atoms with Gasteiger partial charge in [-0.3, -0.25) is 4.79 Å². The molecule has 0 radical (unpaired) electrons. The van der Waals surface area contributed by atoms with E-state index in [1.807, 2.05) is 0 Å². The Balaban J connectivity index is 2.35. The predicted molar refractivity (Wildman–Crippen MR) is 65.7 cm³/mol. The lowest BCUT2D eigenvalue weighted by atomic mass is 10.2. The molecule has 6 heteroatoms. The number of imidazole rings is 1. The van der Waals surface area contributed by atoms with Gasteiger partial charge in [0.2, 0.25) is 0 Å². The monoisotopic (exact) mass is 265 g/mol. The number of rotatable bonds is 3. The van der Waals surface area contributed by atoms with E-state index < -0.39 is 11.6 Å². The first kappa shape index (κ1) is 13.2. The number of nitrogens with zero attached hydrogens (tertiary/aromatic N) is 3. The fourth-order valence-corrected chi connectivity index (χ4v) is 1.69. The van der Waals surface area contributed by atoms with Gasteiger partial charge in [0.1, 0.15) is 11.6 Å². The summed E-state index contributed by atoms with van der Waals surface area (Å²) in [6, 6.07) is 3.67. The molecule has 100 valence electrons. The Bertz CT molecular complexity index is 587. The Morgan fingerprint density at radius 1 is 1.32 bits per heavy atom. The molecule has 0 saturated heterocycles. The van der Waals surface area contributed by atoms with Gasteiger partial charge in [-0.15, -0.1) is 0 Å². The molecule has 0 bridgehead atoms. The first-order valence-electron chi connectivity index (χ1n) is 5.66. The minimum Gasteiger partial charge on any atom is -0.342 e. The molecule has 19 heavy (non-hydrogen) atoms. The molecule has 0 aliphatic rings. The predicted octanol–water partition coefficient (Wildman–Crippen LogP) is 1.91. The zero-order chi connectivity index (χ0) is 14.0. The minimum absolute atomic E-state index is 0.0760. The second kappa shape index (κ2) is 5.17. The fourth-order valence-electron chi connectivity index (χ4n) is 1.69. The molecule has 0 saturated carbocycles. The van der Waals surface area contributed by atoms with Gasteiger partial charge in [0.05, 0.1) is 6.54 Å². The van der Waals surface area contributed by atoms with E-state index in [0.29, 0.717) is 0 Å². The van der Waals surface area contributed by atoms with Crippen LogP contribution in [0, 0.1) is 11.6 Å². The molecular formula is C13H13F2N3O. The normalized spacial score (nSPS) is 10.5. The van der Waals surface area contributed by atoms with Gasteiger partial charge in [-0.25, -0.2) is 13.8 Å². The van der Waals surface area contributed by atoms with Crippen LogP contribution in [0.25, 0.3) is 0 Å². The smallest absolute Gasteiger partial charge is 0.289 e. The number of hydrogen-bond acceptors (Lipinski definition) is 2. The summed E-state index contributed by atoms with van der Waals surface area (Å²) in [6.07, 6.45) is 2.94. The van der Waals surface area contributed by atoms with E-state index >= 15 is 0 Å². The summed E-state index contributed by atoms with van der Waals surface area (Å²) < 4.78 is 28.5. The van der Waals surface area contributed by atoms with Crippen molar-refractivity contribution in [1.82, 2.24) is 14.5 Å². The van der Waals surface area contributed by atoms with Crippen LogP contribution in [0.1, 0.15) is 16.2 Å². The molecule has 1 heterocycles. The van der Waals surface area contributed by atoms with Crippen molar-refractivity contribution in [3.8, 4) is 0 Å². The molecule has 0 N–H and O–H groups in total. The first-order valence-corrected chi connectivity index (χ1v) is 5.66. The summed E-state index contributed by atoms with van der Waals surface area (Å²) in [5.74, 6) is -1.46. The van der Waals surface area contributed by atoms with Crippen molar-refractivity contribution in [1.29, 1.82) is 0 Å². The van der Waals surface area contributed by atoms with Crippen molar-refractivity contribution in [2.45, 2.75) is 6.54 Å². The maximum atomic E-state index is 13.6. The van der Waals surface area contributed by atoms with Gasteiger partial charge >= 0.3 is 0 Å². The number of carbonyl (C=O) groups excluding carboxylic acids is 1. The fraction of sp³-hybridized carbons (Fsp3) is 0.231. The average Bonchev–Trinajstić information content (AvgIpc) is 2.81. The van der Waals surface area contributed by atoms with Crippen LogP contribution in [0.5, 0.6) is 0 Å². The van der Waals surface area contributed by atoms with E-state index in [4.69, 9.17) is 0 Å². The zero-order valence-corrected chi connectivity index (χ0v) is 10.6. The SMILES string of the molecule is CN(C)C(=O)c1nccn1Cc1c(F)cccc1F. The maximum Gasteiger partial charge on any atom is 0.289 e. The van der Waals surface area contributed by atoms with Crippen LogP contribution in [-0.4, -0.2) is 34.5 Å². The van der Waals surface area contributed by atoms with Gasteiger partial charge in [-0.2, -0.15) is 0 Å². The highest BCUT2D eigenvalue weighted by Gasteiger charge is 2.17. The highest BCUT2D eigenvalue weighted by Crippen LogP contribution is 2.15. The highest BCUT2D eigenvalue weighted by atomic mass is 19.1. The van der Waals surface area contributed by atoms with E-state index in [2.05, 4.69) is 4.98 Å². The van der Waals surface area contributed by atoms with Crippen LogP contribution in [0.2, 0.25) is 0 Å². The van der Waals surface area contributed by atoms with E-state index in [0.717, 1.165) is 0 Å². The second-order valence-corrected chi connectivity index (χ2v) is 4.28. The van der Waals surface area contributed by atoms with Crippen LogP contribution in [0.15, 0.2) is 30.6 Å². The second-order valence-electron chi connectivity index (χ2n) is 4.28. The summed E-state index contributed by atoms with van der Waals surface area (Å²) in [6.45, 7) is -0.0760. The Kier molecular flexibility index (Phi) is 3.59. The molecule has 0 unspecified atom stereocenters. The Morgan fingerprint density at radius 2 is 1.95 bits per heavy atom. The average molecular weight is 265 g/mol. The number of halogens is 2. The van der Waals surface area contributed by atoms with Gasteiger partial charge < -0.3 is 9.47 Å². The number of benzene rings is 1. The summed E-state index contributed by atoms with van der Waals surface area (Å²) in [5.41, 5.74) is -0.0895. The summed E-state index contributed by atoms with van der Waals surface area (Å²) in [4.78, 5) is 17.1. The lowest BCUT2D eigenvalue weighted by molar-refractivity contribution is 0.0811. The van der Waals surface area contributed by atoms with Crippen molar-refractivity contribution < 1.29 is 13.6 Å². The van der Waals surface area contributed by atoms with Crippen molar-refractivity contribution in [2.24, 2.45) is 0 Å². The van der Waals surface area contributed by atoms with E-state index in [-0.39, 0.29) is 23.8 Å². The molecule has 0 aliphatic heterocycles. The quantitative estimate of drug-likeness (QED) is 0.850. The number of hydrogen-bond donors (Lipinski definition) is 0. The number of aromatic nitrogens is 2. The van der Waals surface area contributed by atoms with Crippen molar-refractivity contribution >= 4 is 5.91 Å². The first-order chi connectivity index (χ1) is 9.00. The zero-order valence-electron chi connectivity index (χ0n) is 10.6. The third kappa shape index (κ3) is 2.62. The minimum atomic E-state index is -0.642. The molecule has 2 aromatic rings. The van der Waals surface area contributed by atoms with E-state index in [1.54, 1.807) is 14.1 Å². The number of amides is 1. The Labute approximate surface area is 109 Å². The molecule has 1 aromatic heterocycles. The standard InChI is InChI=1S/C13H13F2N3O/c1-17(2)13(19)12-16-6-7-18(12)8-9-10(14)4-3-5-11(9)15/h3-7H,8H2,1-2H3. The molecule has 1 aromatic carbocycles. The lowest BCUT2D eigenvalue weighted by Gasteiger charge is -2.12. The van der Waals surface area contributed by atoms with Gasteiger partial charge in [0.15, 0.2) is 5.82 Å². The molecule has 1 amide bonds. The van der Waals surface area contributed by atoms with Crippen LogP contribution >= 0.6 is 0 Å². The molecular weight excluding hydrogens is 252 g/mol. The van der Waals surface area contributed by atoms with Crippen LogP contribution in [0.4, 0.5) is 8.78 Å². The van der Waals surface area contributed by atoms with Crippen molar-refractivity contribution in [2.75, 3.05) is 14.1 Å². The topological polar surface area (TPSA) is 38.1 Å². The van der Waals surface area contributed by atoms with Crippen molar-refractivity contribution in [3.63, 3.8) is 0 Å². The Morgan fingerprint density at radius 3 is 2.53 bits per heavy atom. The molecule has 0 fully saturated rings. The third-order valence-electron chi connectivity index (χ3n) is 2.70. The highest BCUT2D eigenvalue weighted by molar-refractivity contribution is 5.90. The van der Waals surface area contributed by atoms with Gasteiger partial charge in [-0.1, -0.05) is 6.07 Å². The molecule has 0 spiro atoms. The Hall–Kier alpha value is -2.24. The molecule has 0 atom stereocenters. The van der Waals surface area contributed by atoms with Gasteiger partial charge in [-0.05, 0) is 12.1 Å². The third-order valence-corrected chi connectivity index (χ3v) is 2.70. The molecule has 0 aliphatic carbocycles. The summed E-state index contributed by atoms with van der Waals surface area (Å²) in [7, 11) is 3.18. The van der Waals surface area contributed by atoms with Crippen LogP contribution in [-0.2, 0) is 6.54 Å². The molecule has 2 rings (SSSR count). The van der Waals surface area contributed by atoms with Gasteiger partial charge in [0, 0.05) is 32.1 Å². The van der Waals surface area contributed by atoms with Crippen LogP contribution < -0.4 is 0 Å². The summed E-state index contributed by atoms with van der Waals surface area (Å²) in [5, 5.41) is 0. The van der Waals surface area contributed by atoms with Crippen molar-refractivity contribution in [3.05, 3.63) is 53.6 Å². The van der Waals surface area contributed by atoms with E-state index in [9.17, 15) is 13.6 Å².